The first-order valence-corrected chi connectivity index (χ1v) is 6.32. The molecular formula is C15H22O. The highest BCUT2D eigenvalue weighted by molar-refractivity contribution is 5.28. The standard InChI is InChI=1S/C15H22O/c1-11(2)10-12-4-6-13(7-5-12)15(3,16)14-8-9-14/h4-7,11,14,16H,8-10H2,1-3H3/t15-/m0/s1. The van der Waals surface area contributed by atoms with Crippen LogP contribution in [0.2, 0.25) is 0 Å². The van der Waals surface area contributed by atoms with Gasteiger partial charge in [-0.25, -0.2) is 0 Å². The zero-order valence-corrected chi connectivity index (χ0v) is 10.5. The van der Waals surface area contributed by atoms with Gasteiger partial charge in [-0.2, -0.15) is 0 Å². The van der Waals surface area contributed by atoms with Crippen LogP contribution in [0.4, 0.5) is 0 Å². The van der Waals surface area contributed by atoms with Gasteiger partial charge in [0.15, 0.2) is 0 Å². The lowest BCUT2D eigenvalue weighted by Crippen LogP contribution is -2.23. The minimum Gasteiger partial charge on any atom is -0.385 e. The summed E-state index contributed by atoms with van der Waals surface area (Å²) in [5.74, 6) is 1.17. The summed E-state index contributed by atoms with van der Waals surface area (Å²) in [6, 6.07) is 8.50. The molecule has 0 aromatic heterocycles. The second kappa shape index (κ2) is 4.21. The lowest BCUT2D eigenvalue weighted by molar-refractivity contribution is 0.0331. The quantitative estimate of drug-likeness (QED) is 0.820. The van der Waals surface area contributed by atoms with Gasteiger partial charge in [-0.15, -0.1) is 0 Å². The maximum Gasteiger partial charge on any atom is 0.0896 e. The van der Waals surface area contributed by atoms with Gasteiger partial charge in [0.05, 0.1) is 5.60 Å². The van der Waals surface area contributed by atoms with Crippen molar-refractivity contribution in [3.63, 3.8) is 0 Å². The van der Waals surface area contributed by atoms with Crippen LogP contribution in [-0.4, -0.2) is 5.11 Å². The van der Waals surface area contributed by atoms with Gasteiger partial charge in [-0.05, 0) is 49.1 Å². The molecule has 1 aliphatic rings. The third kappa shape index (κ3) is 2.46. The van der Waals surface area contributed by atoms with E-state index in [4.69, 9.17) is 0 Å². The molecule has 1 aliphatic carbocycles. The van der Waals surface area contributed by atoms with Crippen LogP contribution in [0.15, 0.2) is 24.3 Å². The molecule has 1 fully saturated rings. The average Bonchev–Trinajstić information content (AvgIpc) is 3.00. The number of hydrogen-bond donors (Lipinski definition) is 1. The predicted molar refractivity (Wildman–Crippen MR) is 67.3 cm³/mol. The molecule has 16 heavy (non-hydrogen) atoms. The average molecular weight is 218 g/mol. The molecule has 0 saturated heterocycles. The van der Waals surface area contributed by atoms with E-state index in [2.05, 4.69) is 38.1 Å². The maximum absolute atomic E-state index is 10.4. The molecule has 0 aliphatic heterocycles. The SMILES string of the molecule is CC(C)Cc1ccc([C@](C)(O)C2CC2)cc1. The van der Waals surface area contributed by atoms with Crippen LogP contribution in [0.3, 0.4) is 0 Å². The van der Waals surface area contributed by atoms with Crippen LogP contribution >= 0.6 is 0 Å². The van der Waals surface area contributed by atoms with Crippen molar-refractivity contribution in [1.82, 2.24) is 0 Å². The Morgan fingerprint density at radius 2 is 1.81 bits per heavy atom. The van der Waals surface area contributed by atoms with E-state index >= 15 is 0 Å². The van der Waals surface area contributed by atoms with Crippen molar-refractivity contribution in [3.8, 4) is 0 Å². The zero-order valence-electron chi connectivity index (χ0n) is 10.5. The number of aliphatic hydroxyl groups is 1. The molecule has 0 unspecified atom stereocenters. The Morgan fingerprint density at radius 3 is 2.25 bits per heavy atom. The summed E-state index contributed by atoms with van der Waals surface area (Å²) in [5.41, 5.74) is 1.82. The molecule has 88 valence electrons. The van der Waals surface area contributed by atoms with E-state index in [1.807, 2.05) is 6.92 Å². The van der Waals surface area contributed by atoms with Crippen molar-refractivity contribution in [2.45, 2.75) is 45.6 Å². The van der Waals surface area contributed by atoms with Crippen molar-refractivity contribution < 1.29 is 5.11 Å². The summed E-state index contributed by atoms with van der Waals surface area (Å²) in [6.07, 6.45) is 3.45. The molecule has 1 nitrogen and oxygen atoms in total. The van der Waals surface area contributed by atoms with Crippen molar-refractivity contribution in [2.75, 3.05) is 0 Å². The second-order valence-electron chi connectivity index (χ2n) is 5.72. The summed E-state index contributed by atoms with van der Waals surface area (Å²) in [5, 5.41) is 10.4. The number of rotatable bonds is 4. The Labute approximate surface area is 98.5 Å². The summed E-state index contributed by atoms with van der Waals surface area (Å²) >= 11 is 0. The van der Waals surface area contributed by atoms with Crippen molar-refractivity contribution in [1.29, 1.82) is 0 Å². The van der Waals surface area contributed by atoms with Gasteiger partial charge in [-0.3, -0.25) is 0 Å². The number of benzene rings is 1. The van der Waals surface area contributed by atoms with E-state index in [1.165, 1.54) is 18.4 Å². The molecule has 1 aromatic rings. The Balaban J connectivity index is 2.12. The molecule has 1 heteroatoms. The van der Waals surface area contributed by atoms with E-state index in [9.17, 15) is 5.11 Å². The number of hydrogen-bond acceptors (Lipinski definition) is 1. The van der Waals surface area contributed by atoms with Gasteiger partial charge in [0.25, 0.3) is 0 Å². The maximum atomic E-state index is 10.4. The highest BCUT2D eigenvalue weighted by Gasteiger charge is 2.40. The van der Waals surface area contributed by atoms with Gasteiger partial charge in [0.2, 0.25) is 0 Å². The Bertz CT molecular complexity index is 344. The first-order chi connectivity index (χ1) is 7.50. The molecule has 0 spiro atoms. The Kier molecular flexibility index (Phi) is 3.07. The van der Waals surface area contributed by atoms with Gasteiger partial charge in [0.1, 0.15) is 0 Å². The molecule has 0 heterocycles. The monoisotopic (exact) mass is 218 g/mol. The topological polar surface area (TPSA) is 20.2 Å². The van der Waals surface area contributed by atoms with Crippen molar-refractivity contribution >= 4 is 0 Å². The predicted octanol–water partition coefficient (Wildman–Crippen LogP) is 3.50. The summed E-state index contributed by atoms with van der Waals surface area (Å²) in [6.45, 7) is 6.41. The van der Waals surface area contributed by atoms with Crippen LogP contribution in [0, 0.1) is 11.8 Å². The molecule has 0 bridgehead atoms. The Hall–Kier alpha value is -0.820. The lowest BCUT2D eigenvalue weighted by Gasteiger charge is -2.23. The van der Waals surface area contributed by atoms with Crippen molar-refractivity contribution in [2.24, 2.45) is 11.8 Å². The molecule has 1 atom stereocenters. The van der Waals surface area contributed by atoms with Gasteiger partial charge in [-0.1, -0.05) is 38.1 Å². The minimum atomic E-state index is -0.615. The smallest absolute Gasteiger partial charge is 0.0896 e. The summed E-state index contributed by atoms with van der Waals surface area (Å²) in [7, 11) is 0. The second-order valence-corrected chi connectivity index (χ2v) is 5.72. The highest BCUT2D eigenvalue weighted by Crippen LogP contribution is 2.45. The van der Waals surface area contributed by atoms with Crippen LogP contribution in [0.25, 0.3) is 0 Å². The highest BCUT2D eigenvalue weighted by atomic mass is 16.3. The fraction of sp³-hybridized carbons (Fsp3) is 0.600. The van der Waals surface area contributed by atoms with Gasteiger partial charge >= 0.3 is 0 Å². The van der Waals surface area contributed by atoms with Crippen LogP contribution in [0.5, 0.6) is 0 Å². The first-order valence-electron chi connectivity index (χ1n) is 6.32. The first kappa shape index (κ1) is 11.7. The molecule has 1 saturated carbocycles. The van der Waals surface area contributed by atoms with Gasteiger partial charge in [0, 0.05) is 0 Å². The third-order valence-corrected chi connectivity index (χ3v) is 3.55. The van der Waals surface area contributed by atoms with E-state index in [-0.39, 0.29) is 0 Å². The molecule has 0 amide bonds. The summed E-state index contributed by atoms with van der Waals surface area (Å²) < 4.78 is 0. The largest absolute Gasteiger partial charge is 0.385 e. The summed E-state index contributed by atoms with van der Waals surface area (Å²) in [4.78, 5) is 0. The van der Waals surface area contributed by atoms with Crippen LogP contribution < -0.4 is 0 Å². The van der Waals surface area contributed by atoms with Crippen LogP contribution in [-0.2, 0) is 12.0 Å². The molecule has 1 aromatic carbocycles. The minimum absolute atomic E-state index is 0.475. The Morgan fingerprint density at radius 1 is 1.25 bits per heavy atom. The van der Waals surface area contributed by atoms with E-state index < -0.39 is 5.60 Å². The fourth-order valence-electron chi connectivity index (χ4n) is 2.33. The fourth-order valence-corrected chi connectivity index (χ4v) is 2.33. The van der Waals surface area contributed by atoms with Gasteiger partial charge < -0.3 is 5.11 Å². The van der Waals surface area contributed by atoms with E-state index in [0.29, 0.717) is 11.8 Å². The molecule has 0 radical (unpaired) electrons. The van der Waals surface area contributed by atoms with Crippen molar-refractivity contribution in [3.05, 3.63) is 35.4 Å². The molecular weight excluding hydrogens is 196 g/mol. The third-order valence-electron chi connectivity index (χ3n) is 3.55. The van der Waals surface area contributed by atoms with E-state index in [0.717, 1.165) is 12.0 Å². The van der Waals surface area contributed by atoms with E-state index in [1.54, 1.807) is 0 Å². The molecule has 2 rings (SSSR count). The van der Waals surface area contributed by atoms with Crippen LogP contribution in [0.1, 0.15) is 44.7 Å². The lowest BCUT2D eigenvalue weighted by atomic mass is 9.89. The molecule has 1 N–H and O–H groups in total. The zero-order chi connectivity index (χ0) is 11.8. The normalized spacial score (nSPS) is 19.8.